The van der Waals surface area contributed by atoms with Gasteiger partial charge in [0, 0.05) is 23.8 Å². The first-order valence-corrected chi connectivity index (χ1v) is 10.5. The van der Waals surface area contributed by atoms with Crippen LogP contribution in [0.4, 0.5) is 5.69 Å². The summed E-state index contributed by atoms with van der Waals surface area (Å²) in [6.07, 6.45) is -0.643. The predicted molar refractivity (Wildman–Crippen MR) is 114 cm³/mol. The van der Waals surface area contributed by atoms with Crippen LogP contribution in [0.3, 0.4) is 0 Å². The second kappa shape index (κ2) is 8.21. The highest BCUT2D eigenvalue weighted by atomic mass is 32.2. The highest BCUT2D eigenvalue weighted by Crippen LogP contribution is 2.43. The summed E-state index contributed by atoms with van der Waals surface area (Å²) in [6, 6.07) is 17.3. The van der Waals surface area contributed by atoms with E-state index in [1.807, 2.05) is 54.6 Å². The molecule has 0 saturated heterocycles. The van der Waals surface area contributed by atoms with Gasteiger partial charge in [-0.3, -0.25) is 9.69 Å². The minimum Gasteiger partial charge on any atom is -0.447 e. The van der Waals surface area contributed by atoms with E-state index in [0.29, 0.717) is 22.6 Å². The third-order valence-corrected chi connectivity index (χ3v) is 5.75. The molecule has 0 spiro atoms. The van der Waals surface area contributed by atoms with Gasteiger partial charge in [0.05, 0.1) is 5.69 Å². The fourth-order valence-corrected chi connectivity index (χ4v) is 3.92. The number of hydrogen-bond donors (Lipinski definition) is 0. The Labute approximate surface area is 174 Å². The SMILES string of the molecule is CC(=O)N1c2ccccc2-c2nnc(SCC(C)C)nc2O[C@H]1c1ccccc1. The van der Waals surface area contributed by atoms with Crippen molar-refractivity contribution in [2.75, 3.05) is 10.7 Å². The lowest BCUT2D eigenvalue weighted by Crippen LogP contribution is -2.36. The molecular formula is C22H22N4O2S. The molecule has 0 bridgehead atoms. The summed E-state index contributed by atoms with van der Waals surface area (Å²) >= 11 is 1.55. The van der Waals surface area contributed by atoms with Crippen LogP contribution >= 0.6 is 11.8 Å². The van der Waals surface area contributed by atoms with E-state index in [1.165, 1.54) is 6.92 Å². The lowest BCUT2D eigenvalue weighted by atomic mass is 10.1. The van der Waals surface area contributed by atoms with E-state index < -0.39 is 6.23 Å². The zero-order chi connectivity index (χ0) is 20.4. The molecule has 3 aromatic rings. The number of carbonyl (C=O) groups excluding carboxylic acids is 1. The Morgan fingerprint density at radius 3 is 2.55 bits per heavy atom. The average molecular weight is 407 g/mol. The van der Waals surface area contributed by atoms with Crippen molar-refractivity contribution in [1.82, 2.24) is 15.2 Å². The van der Waals surface area contributed by atoms with Crippen molar-refractivity contribution in [2.45, 2.75) is 32.2 Å². The molecule has 0 aliphatic carbocycles. The third kappa shape index (κ3) is 3.96. The summed E-state index contributed by atoms with van der Waals surface area (Å²) in [5, 5.41) is 9.28. The van der Waals surface area contributed by atoms with Crippen LogP contribution in [0.2, 0.25) is 0 Å². The number of fused-ring (bicyclic) bond motifs is 3. The van der Waals surface area contributed by atoms with Crippen LogP contribution in [0.15, 0.2) is 59.8 Å². The van der Waals surface area contributed by atoms with Gasteiger partial charge in [0.15, 0.2) is 5.69 Å². The summed E-state index contributed by atoms with van der Waals surface area (Å²) in [7, 11) is 0. The van der Waals surface area contributed by atoms with E-state index in [2.05, 4.69) is 29.0 Å². The Balaban J connectivity index is 1.87. The number of rotatable bonds is 4. The molecule has 1 aliphatic rings. The number of benzene rings is 2. The van der Waals surface area contributed by atoms with E-state index in [0.717, 1.165) is 22.6 Å². The van der Waals surface area contributed by atoms with E-state index in [4.69, 9.17) is 4.74 Å². The van der Waals surface area contributed by atoms with E-state index in [-0.39, 0.29) is 5.91 Å². The standard InChI is InChI=1S/C22H22N4O2S/c1-14(2)13-29-22-23-20-19(24-25-22)17-11-7-8-12-18(17)26(15(3)27)21(28-20)16-9-5-4-6-10-16/h4-12,14,21H,13H2,1-3H3/t21-/m0/s1. The van der Waals surface area contributed by atoms with Crippen molar-refractivity contribution in [3.63, 3.8) is 0 Å². The van der Waals surface area contributed by atoms with Crippen LogP contribution < -0.4 is 9.64 Å². The maximum atomic E-state index is 12.7. The molecule has 1 aromatic heterocycles. The third-order valence-electron chi connectivity index (χ3n) is 4.48. The van der Waals surface area contributed by atoms with Gasteiger partial charge >= 0.3 is 0 Å². The minimum absolute atomic E-state index is 0.124. The first kappa shape index (κ1) is 19.4. The number of thioether (sulfide) groups is 1. The van der Waals surface area contributed by atoms with Crippen molar-refractivity contribution in [1.29, 1.82) is 0 Å². The number of aromatic nitrogens is 3. The molecule has 0 N–H and O–H groups in total. The Kier molecular flexibility index (Phi) is 5.49. The highest BCUT2D eigenvalue weighted by Gasteiger charge is 2.34. The van der Waals surface area contributed by atoms with Gasteiger partial charge < -0.3 is 4.74 Å². The van der Waals surface area contributed by atoms with Gasteiger partial charge in [-0.05, 0) is 12.0 Å². The predicted octanol–water partition coefficient (Wildman–Crippen LogP) is 4.73. The average Bonchev–Trinajstić information content (AvgIpc) is 2.87. The van der Waals surface area contributed by atoms with Crippen LogP contribution in [-0.4, -0.2) is 26.8 Å². The minimum atomic E-state index is -0.643. The number of hydrogen-bond acceptors (Lipinski definition) is 6. The van der Waals surface area contributed by atoms with Crippen molar-refractivity contribution in [3.05, 3.63) is 60.2 Å². The van der Waals surface area contributed by atoms with Crippen LogP contribution in [-0.2, 0) is 4.79 Å². The van der Waals surface area contributed by atoms with Gasteiger partial charge in [0.2, 0.25) is 23.2 Å². The molecule has 7 heteroatoms. The van der Waals surface area contributed by atoms with Crippen LogP contribution in [0.25, 0.3) is 11.3 Å². The summed E-state index contributed by atoms with van der Waals surface area (Å²) in [5.74, 6) is 1.66. The van der Waals surface area contributed by atoms with Gasteiger partial charge in [0.1, 0.15) is 0 Å². The Morgan fingerprint density at radius 2 is 1.83 bits per heavy atom. The lowest BCUT2D eigenvalue weighted by Gasteiger charge is -2.29. The molecule has 0 unspecified atom stereocenters. The number of para-hydroxylation sites is 1. The van der Waals surface area contributed by atoms with Crippen molar-refractivity contribution < 1.29 is 9.53 Å². The molecule has 0 fully saturated rings. The molecule has 29 heavy (non-hydrogen) atoms. The Bertz CT molecular complexity index is 1030. The largest absolute Gasteiger partial charge is 0.447 e. The number of ether oxygens (including phenoxy) is 1. The summed E-state index contributed by atoms with van der Waals surface area (Å²) < 4.78 is 6.33. The molecule has 1 atom stereocenters. The quantitative estimate of drug-likeness (QED) is 0.584. The van der Waals surface area contributed by atoms with E-state index >= 15 is 0 Å². The topological polar surface area (TPSA) is 68.2 Å². The van der Waals surface area contributed by atoms with Crippen LogP contribution in [0, 0.1) is 5.92 Å². The summed E-state index contributed by atoms with van der Waals surface area (Å²) in [6.45, 7) is 5.83. The Hall–Kier alpha value is -2.93. The molecule has 2 aromatic carbocycles. The molecule has 0 radical (unpaired) electrons. The molecule has 2 heterocycles. The summed E-state index contributed by atoms with van der Waals surface area (Å²) in [5.41, 5.74) is 2.90. The molecule has 1 amide bonds. The van der Waals surface area contributed by atoms with Gasteiger partial charge in [-0.2, -0.15) is 4.98 Å². The van der Waals surface area contributed by atoms with Gasteiger partial charge in [0.25, 0.3) is 0 Å². The number of carbonyl (C=O) groups is 1. The smallest absolute Gasteiger partial charge is 0.247 e. The van der Waals surface area contributed by atoms with Gasteiger partial charge in [-0.25, -0.2) is 0 Å². The second-order valence-corrected chi connectivity index (χ2v) is 8.23. The molecule has 4 rings (SSSR count). The summed E-state index contributed by atoms with van der Waals surface area (Å²) in [4.78, 5) is 19.0. The van der Waals surface area contributed by atoms with Crippen molar-refractivity contribution in [3.8, 4) is 17.1 Å². The Morgan fingerprint density at radius 1 is 1.10 bits per heavy atom. The first-order chi connectivity index (χ1) is 14.0. The second-order valence-electron chi connectivity index (χ2n) is 7.24. The number of nitrogens with zero attached hydrogens (tertiary/aromatic N) is 4. The van der Waals surface area contributed by atoms with Crippen LogP contribution in [0.5, 0.6) is 5.88 Å². The van der Waals surface area contributed by atoms with E-state index in [1.54, 1.807) is 16.7 Å². The molecule has 0 saturated carbocycles. The molecular weight excluding hydrogens is 384 g/mol. The molecule has 148 valence electrons. The monoisotopic (exact) mass is 406 g/mol. The lowest BCUT2D eigenvalue weighted by molar-refractivity contribution is -0.118. The maximum Gasteiger partial charge on any atom is 0.247 e. The van der Waals surface area contributed by atoms with Crippen molar-refractivity contribution in [2.24, 2.45) is 5.92 Å². The van der Waals surface area contributed by atoms with E-state index in [9.17, 15) is 4.79 Å². The fourth-order valence-electron chi connectivity index (χ4n) is 3.19. The zero-order valence-electron chi connectivity index (χ0n) is 16.6. The number of anilines is 1. The fraction of sp³-hybridized carbons (Fsp3) is 0.273. The molecule has 6 nitrogen and oxygen atoms in total. The maximum absolute atomic E-state index is 12.7. The first-order valence-electron chi connectivity index (χ1n) is 9.53. The zero-order valence-corrected chi connectivity index (χ0v) is 17.4. The number of amides is 1. The normalized spacial score (nSPS) is 15.3. The van der Waals surface area contributed by atoms with Crippen molar-refractivity contribution >= 4 is 23.4 Å². The highest BCUT2D eigenvalue weighted by molar-refractivity contribution is 7.99. The van der Waals surface area contributed by atoms with Gasteiger partial charge in [-0.15, -0.1) is 10.2 Å². The van der Waals surface area contributed by atoms with Gasteiger partial charge in [-0.1, -0.05) is 74.1 Å². The molecule has 1 aliphatic heterocycles. The van der Waals surface area contributed by atoms with Crippen LogP contribution in [0.1, 0.15) is 32.6 Å².